The fraction of sp³-hybridized carbons (Fsp3) is 0.417. The summed E-state index contributed by atoms with van der Waals surface area (Å²) in [7, 11) is 0. The van der Waals surface area contributed by atoms with Crippen LogP contribution in [0.2, 0.25) is 0 Å². The van der Waals surface area contributed by atoms with Crippen LogP contribution in [0.4, 0.5) is 37.7 Å². The van der Waals surface area contributed by atoms with Gasteiger partial charge >= 0.3 is 24.3 Å². The summed E-state index contributed by atoms with van der Waals surface area (Å²) < 4.78 is 94.3. The highest BCUT2D eigenvalue weighted by Gasteiger charge is 2.34. The van der Waals surface area contributed by atoms with E-state index in [0.29, 0.717) is 97.4 Å². The first kappa shape index (κ1) is 53.1. The van der Waals surface area contributed by atoms with E-state index in [9.17, 15) is 46.1 Å². The number of nitrogens with zero attached hydrogens (tertiary/aromatic N) is 6. The van der Waals surface area contributed by atoms with Gasteiger partial charge in [0.2, 0.25) is 0 Å². The molecule has 0 spiro atoms. The van der Waals surface area contributed by atoms with E-state index in [1.54, 1.807) is 47.2 Å². The van der Waals surface area contributed by atoms with Crippen molar-refractivity contribution in [2.45, 2.75) is 58.7 Å². The highest BCUT2D eigenvalue weighted by Crippen LogP contribution is 2.36. The molecule has 0 unspecified atom stereocenters. The average Bonchev–Trinajstić information content (AvgIpc) is 3.82. The Morgan fingerprint density at radius 3 is 1.23 bits per heavy atom. The Hall–Kier alpha value is -6.30. The highest BCUT2D eigenvalue weighted by molar-refractivity contribution is 6.04. The lowest BCUT2D eigenvalue weighted by Gasteiger charge is -2.29. The number of anilines is 2. The maximum atomic E-state index is 13.3. The molecule has 22 heteroatoms. The smallest absolute Gasteiger partial charge is 0.416 e. The van der Waals surface area contributed by atoms with Crippen LogP contribution in [-0.4, -0.2) is 135 Å². The predicted octanol–water partition coefficient (Wildman–Crippen LogP) is 6.17. The molecule has 0 saturated carbocycles. The largest absolute Gasteiger partial charge is 0.478 e. The van der Waals surface area contributed by atoms with E-state index in [1.165, 1.54) is 26.0 Å². The van der Waals surface area contributed by atoms with Crippen molar-refractivity contribution in [3.05, 3.63) is 117 Å². The van der Waals surface area contributed by atoms with Crippen molar-refractivity contribution in [1.82, 2.24) is 19.1 Å². The number of carbonyl (C=O) groups is 2. The maximum Gasteiger partial charge on any atom is 0.416 e. The van der Waals surface area contributed by atoms with E-state index in [4.69, 9.17) is 30.5 Å². The zero-order chi connectivity index (χ0) is 51.3. The van der Waals surface area contributed by atoms with Crippen LogP contribution in [0.15, 0.2) is 60.7 Å². The van der Waals surface area contributed by atoms with E-state index < -0.39 is 60.8 Å². The number of aryl methyl sites for hydroxylation is 2. The normalized spacial score (nSPS) is 14.6. The summed E-state index contributed by atoms with van der Waals surface area (Å²) >= 11 is 0. The Labute approximate surface area is 398 Å². The molecule has 16 nitrogen and oxygen atoms in total. The third-order valence-electron chi connectivity index (χ3n) is 12.4. The number of aromatic carboxylic acids is 2. The minimum Gasteiger partial charge on any atom is -0.478 e. The highest BCUT2D eigenvalue weighted by atomic mass is 19.4. The molecule has 8 rings (SSSR count). The lowest BCUT2D eigenvalue weighted by Crippen LogP contribution is -2.50. The summed E-state index contributed by atoms with van der Waals surface area (Å²) in [6.45, 7) is 10.2. The molecule has 4 heterocycles. The molecule has 0 bridgehead atoms. The van der Waals surface area contributed by atoms with Gasteiger partial charge in [-0.05, 0) is 86.3 Å². The van der Waals surface area contributed by atoms with Gasteiger partial charge in [-0.25, -0.2) is 19.6 Å². The number of carboxylic acid groups (broad SMARTS) is 2. The molecule has 6 aromatic rings. The zero-order valence-electron chi connectivity index (χ0n) is 38.9. The van der Waals surface area contributed by atoms with Crippen molar-refractivity contribution in [2.75, 3.05) is 82.2 Å². The van der Waals surface area contributed by atoms with Crippen LogP contribution < -0.4 is 15.5 Å². The van der Waals surface area contributed by atoms with Crippen LogP contribution in [0.25, 0.3) is 22.1 Å². The monoisotopic (exact) mass is 987 g/mol. The molecule has 2 fully saturated rings. The van der Waals surface area contributed by atoms with E-state index >= 15 is 0 Å². The Morgan fingerprint density at radius 2 is 0.943 bits per heavy atom. The lowest BCUT2D eigenvalue weighted by molar-refractivity contribution is -0.138. The molecule has 0 radical (unpaired) electrons. The minimum absolute atomic E-state index is 0.0709. The third kappa shape index (κ3) is 11.8. The van der Waals surface area contributed by atoms with Gasteiger partial charge in [-0.3, -0.25) is 0 Å². The van der Waals surface area contributed by atoms with Gasteiger partial charge < -0.3 is 59.7 Å². The molecule has 7 N–H and O–H groups in total. The standard InChI is InChI=1S/2C22H22F3N3O3.C4H11NO3/c2*1-13-15(4-3-5-18(13)22(23,24)25)12-28-14(2)26-20-17(21(29)30)10-16(11-19(20)28)27-6-8-31-9-7-27;5-4(1-6,2-7)3-8/h2*3-5,10-11H,6-9,12H2,1-2H3,(H,29,30);6-8H,1-3,5H2. The van der Waals surface area contributed by atoms with Crippen LogP contribution in [0, 0.1) is 27.7 Å². The first-order chi connectivity index (χ1) is 33.0. The minimum atomic E-state index is -4.44. The number of nitrogens with two attached hydrogens (primary N) is 1. The van der Waals surface area contributed by atoms with Gasteiger partial charge in [0.15, 0.2) is 0 Å². The molecule has 4 aromatic carbocycles. The summed E-state index contributed by atoms with van der Waals surface area (Å²) in [6, 6.07) is 15.1. The van der Waals surface area contributed by atoms with Gasteiger partial charge in [0.1, 0.15) is 22.7 Å². The number of halogens is 6. The second-order valence-corrected chi connectivity index (χ2v) is 17.0. The van der Waals surface area contributed by atoms with Crippen molar-refractivity contribution in [2.24, 2.45) is 5.73 Å². The predicted molar refractivity (Wildman–Crippen MR) is 248 cm³/mol. The Balaban J connectivity index is 0.000000199. The van der Waals surface area contributed by atoms with Crippen molar-refractivity contribution in [3.8, 4) is 0 Å². The number of rotatable bonds is 11. The van der Waals surface area contributed by atoms with Gasteiger partial charge in [-0.15, -0.1) is 0 Å². The first-order valence-corrected chi connectivity index (χ1v) is 22.1. The number of morpholine rings is 2. The van der Waals surface area contributed by atoms with Crippen molar-refractivity contribution >= 4 is 45.4 Å². The number of alkyl halides is 6. The van der Waals surface area contributed by atoms with Gasteiger partial charge in [0, 0.05) is 50.6 Å². The summed E-state index contributed by atoms with van der Waals surface area (Å²) in [4.78, 5) is 36.8. The summed E-state index contributed by atoms with van der Waals surface area (Å²) in [6.07, 6.45) is -8.88. The van der Waals surface area contributed by atoms with Gasteiger partial charge in [-0.1, -0.05) is 24.3 Å². The van der Waals surface area contributed by atoms with Crippen LogP contribution in [0.3, 0.4) is 0 Å². The number of hydrogen-bond acceptors (Lipinski definition) is 12. The third-order valence-corrected chi connectivity index (χ3v) is 12.4. The molecular weight excluding hydrogens is 933 g/mol. The Kier molecular flexibility index (Phi) is 16.5. The number of ether oxygens (including phenoxy) is 2. The molecule has 2 aliphatic rings. The van der Waals surface area contributed by atoms with Crippen LogP contribution in [-0.2, 0) is 34.9 Å². The first-order valence-electron chi connectivity index (χ1n) is 22.1. The van der Waals surface area contributed by atoms with E-state index in [-0.39, 0.29) is 35.3 Å². The average molecular weight is 988 g/mol. The fourth-order valence-corrected chi connectivity index (χ4v) is 8.20. The van der Waals surface area contributed by atoms with Crippen molar-refractivity contribution in [1.29, 1.82) is 0 Å². The van der Waals surface area contributed by atoms with Crippen LogP contribution in [0.5, 0.6) is 0 Å². The maximum absolute atomic E-state index is 13.3. The molecule has 0 amide bonds. The summed E-state index contributed by atoms with van der Waals surface area (Å²) in [5.41, 5.74) is 7.32. The molecular formula is C48H55F6N7O9. The number of benzene rings is 4. The summed E-state index contributed by atoms with van der Waals surface area (Å²) in [5.74, 6) is -1.12. The number of aliphatic hydroxyl groups is 3. The van der Waals surface area contributed by atoms with Crippen molar-refractivity contribution in [3.63, 3.8) is 0 Å². The zero-order valence-corrected chi connectivity index (χ0v) is 38.9. The number of aliphatic hydroxyl groups excluding tert-OH is 3. The molecule has 2 saturated heterocycles. The molecule has 70 heavy (non-hydrogen) atoms. The Morgan fingerprint density at radius 1 is 0.600 bits per heavy atom. The van der Waals surface area contributed by atoms with Gasteiger partial charge in [0.05, 0.1) is 85.1 Å². The number of hydrogen-bond donors (Lipinski definition) is 6. The second-order valence-electron chi connectivity index (χ2n) is 17.0. The molecule has 0 aliphatic carbocycles. The summed E-state index contributed by atoms with van der Waals surface area (Å²) in [5, 5.41) is 44.5. The molecule has 2 aliphatic heterocycles. The fourth-order valence-electron chi connectivity index (χ4n) is 8.20. The quantitative estimate of drug-likeness (QED) is 0.0800. The van der Waals surface area contributed by atoms with E-state index in [1.807, 2.05) is 21.9 Å². The van der Waals surface area contributed by atoms with Gasteiger partial charge in [-0.2, -0.15) is 26.3 Å². The molecule has 0 atom stereocenters. The van der Waals surface area contributed by atoms with Crippen LogP contribution >= 0.6 is 0 Å². The molecule has 378 valence electrons. The number of imidazole rings is 2. The SMILES string of the molecule is Cc1c(Cn2c(C)nc3c(C(=O)O)cc(N4CCOCC4)cc32)cccc1C(F)(F)F.Cc1c(Cn2c(C)nc3c(C(=O)O)cc(N4CCOCC4)cc32)cccc1C(F)(F)F.NC(CO)(CO)CO. The van der Waals surface area contributed by atoms with Crippen LogP contribution in [0.1, 0.15) is 65.7 Å². The van der Waals surface area contributed by atoms with E-state index in [0.717, 1.165) is 23.5 Å². The topological polar surface area (TPSA) is 222 Å². The number of carboxylic acids is 2. The number of aromatic nitrogens is 4. The van der Waals surface area contributed by atoms with E-state index in [2.05, 4.69) is 9.97 Å². The van der Waals surface area contributed by atoms with Crippen molar-refractivity contribution < 1.29 is 70.9 Å². The Bertz CT molecular complexity index is 2640. The van der Waals surface area contributed by atoms with Gasteiger partial charge in [0.25, 0.3) is 0 Å². The molecule has 2 aromatic heterocycles. The lowest BCUT2D eigenvalue weighted by atomic mass is 10.0. The number of fused-ring (bicyclic) bond motifs is 2. The second kappa shape index (κ2) is 21.8.